The van der Waals surface area contributed by atoms with E-state index >= 15 is 0 Å². The van der Waals surface area contributed by atoms with Gasteiger partial charge in [-0.15, -0.1) is 0 Å². The van der Waals surface area contributed by atoms with Gasteiger partial charge >= 0.3 is 5.97 Å². The molecule has 84 valence electrons. The normalized spacial score (nSPS) is 15.3. The lowest BCUT2D eigenvalue weighted by molar-refractivity contribution is -0.146. The van der Waals surface area contributed by atoms with E-state index in [-0.39, 0.29) is 0 Å². The number of hydrogen-bond acceptors (Lipinski definition) is 3. The SMILES string of the molecule is CC(O)C(C)(C)NCC(C)(C)C(=O)O. The average Bonchev–Trinajstić information content (AvgIpc) is 2.01. The molecule has 0 aromatic heterocycles. The van der Waals surface area contributed by atoms with Crippen LogP contribution in [0.3, 0.4) is 0 Å². The van der Waals surface area contributed by atoms with Crippen LogP contribution >= 0.6 is 0 Å². The first-order valence-electron chi connectivity index (χ1n) is 4.76. The molecule has 0 bridgehead atoms. The molecule has 1 unspecified atom stereocenters. The van der Waals surface area contributed by atoms with Crippen molar-refractivity contribution >= 4 is 5.97 Å². The van der Waals surface area contributed by atoms with Gasteiger partial charge in [0.2, 0.25) is 0 Å². The number of aliphatic hydroxyl groups excluding tert-OH is 1. The Kier molecular flexibility index (Phi) is 4.09. The van der Waals surface area contributed by atoms with Crippen molar-refractivity contribution in [2.24, 2.45) is 5.41 Å². The van der Waals surface area contributed by atoms with Gasteiger partial charge in [0.1, 0.15) is 0 Å². The summed E-state index contributed by atoms with van der Waals surface area (Å²) in [6, 6.07) is 0. The van der Waals surface area contributed by atoms with Crippen LogP contribution in [0.2, 0.25) is 0 Å². The van der Waals surface area contributed by atoms with Gasteiger partial charge in [0, 0.05) is 12.1 Å². The Morgan fingerprint density at radius 2 is 1.79 bits per heavy atom. The van der Waals surface area contributed by atoms with E-state index in [1.165, 1.54) is 0 Å². The highest BCUT2D eigenvalue weighted by molar-refractivity contribution is 5.73. The van der Waals surface area contributed by atoms with Gasteiger partial charge in [-0.2, -0.15) is 0 Å². The molecule has 0 aliphatic carbocycles. The van der Waals surface area contributed by atoms with Crippen molar-refractivity contribution in [2.45, 2.75) is 46.3 Å². The Bertz CT molecular complexity index is 209. The Morgan fingerprint density at radius 1 is 1.36 bits per heavy atom. The maximum absolute atomic E-state index is 10.8. The van der Waals surface area contributed by atoms with E-state index < -0.39 is 23.0 Å². The number of carboxylic acids is 1. The minimum atomic E-state index is -0.841. The molecule has 0 heterocycles. The van der Waals surface area contributed by atoms with Crippen LogP contribution in [0.1, 0.15) is 34.6 Å². The molecular formula is C10H21NO3. The van der Waals surface area contributed by atoms with Crippen molar-refractivity contribution < 1.29 is 15.0 Å². The van der Waals surface area contributed by atoms with Gasteiger partial charge in [0.25, 0.3) is 0 Å². The molecule has 0 aliphatic heterocycles. The zero-order valence-corrected chi connectivity index (χ0v) is 9.59. The molecule has 0 spiro atoms. The van der Waals surface area contributed by atoms with E-state index in [2.05, 4.69) is 5.32 Å². The Labute approximate surface area is 85.3 Å². The van der Waals surface area contributed by atoms with Crippen molar-refractivity contribution in [3.8, 4) is 0 Å². The van der Waals surface area contributed by atoms with Crippen LogP contribution in [0.5, 0.6) is 0 Å². The monoisotopic (exact) mass is 203 g/mol. The van der Waals surface area contributed by atoms with E-state index in [1.54, 1.807) is 20.8 Å². The van der Waals surface area contributed by atoms with Gasteiger partial charge < -0.3 is 15.5 Å². The maximum Gasteiger partial charge on any atom is 0.310 e. The van der Waals surface area contributed by atoms with Crippen molar-refractivity contribution in [1.82, 2.24) is 5.32 Å². The maximum atomic E-state index is 10.8. The van der Waals surface area contributed by atoms with E-state index in [9.17, 15) is 9.90 Å². The Hall–Kier alpha value is -0.610. The van der Waals surface area contributed by atoms with Crippen LogP contribution in [0.25, 0.3) is 0 Å². The molecule has 0 saturated heterocycles. The van der Waals surface area contributed by atoms with Crippen molar-refractivity contribution in [2.75, 3.05) is 6.54 Å². The number of carboxylic acid groups (broad SMARTS) is 1. The summed E-state index contributed by atoms with van der Waals surface area (Å²) in [5.74, 6) is -0.841. The molecule has 1 atom stereocenters. The Morgan fingerprint density at radius 3 is 2.07 bits per heavy atom. The second-order valence-electron chi connectivity index (χ2n) is 4.94. The molecule has 3 N–H and O–H groups in total. The lowest BCUT2D eigenvalue weighted by Crippen LogP contribution is -2.52. The summed E-state index contributed by atoms with van der Waals surface area (Å²) >= 11 is 0. The number of aliphatic carboxylic acids is 1. The molecule has 14 heavy (non-hydrogen) atoms. The average molecular weight is 203 g/mol. The predicted octanol–water partition coefficient (Wildman–Crippen LogP) is 0.846. The predicted molar refractivity (Wildman–Crippen MR) is 55.2 cm³/mol. The molecule has 0 aromatic rings. The zero-order valence-electron chi connectivity index (χ0n) is 9.59. The molecule has 0 saturated carbocycles. The largest absolute Gasteiger partial charge is 0.481 e. The first-order valence-corrected chi connectivity index (χ1v) is 4.76. The molecule has 4 heteroatoms. The highest BCUT2D eigenvalue weighted by Crippen LogP contribution is 2.16. The molecule has 0 aliphatic rings. The van der Waals surface area contributed by atoms with E-state index in [0.29, 0.717) is 6.54 Å². The smallest absolute Gasteiger partial charge is 0.310 e. The van der Waals surface area contributed by atoms with Gasteiger partial charge in [0.15, 0.2) is 0 Å². The summed E-state index contributed by atoms with van der Waals surface area (Å²) in [5, 5.41) is 21.3. The molecule has 0 rings (SSSR count). The minimum Gasteiger partial charge on any atom is -0.481 e. The number of aliphatic hydroxyl groups is 1. The van der Waals surface area contributed by atoms with Gasteiger partial charge in [-0.25, -0.2) is 0 Å². The zero-order chi connectivity index (χ0) is 11.6. The van der Waals surface area contributed by atoms with Gasteiger partial charge in [-0.1, -0.05) is 0 Å². The number of carbonyl (C=O) groups is 1. The first kappa shape index (κ1) is 13.4. The number of nitrogens with one attached hydrogen (secondary N) is 1. The molecule has 0 fully saturated rings. The van der Waals surface area contributed by atoms with Crippen molar-refractivity contribution in [3.63, 3.8) is 0 Å². The molecular weight excluding hydrogens is 182 g/mol. The van der Waals surface area contributed by atoms with Crippen LogP contribution in [0.4, 0.5) is 0 Å². The quantitative estimate of drug-likeness (QED) is 0.619. The molecule has 0 radical (unpaired) electrons. The highest BCUT2D eigenvalue weighted by Gasteiger charge is 2.31. The van der Waals surface area contributed by atoms with Gasteiger partial charge in [-0.3, -0.25) is 4.79 Å². The molecule has 4 nitrogen and oxygen atoms in total. The molecule has 0 aromatic carbocycles. The van der Waals surface area contributed by atoms with Crippen LogP contribution < -0.4 is 5.32 Å². The lowest BCUT2D eigenvalue weighted by Gasteiger charge is -2.32. The topological polar surface area (TPSA) is 69.6 Å². The third-order valence-corrected chi connectivity index (χ3v) is 2.61. The van der Waals surface area contributed by atoms with E-state index in [4.69, 9.17) is 5.11 Å². The number of hydrogen-bond donors (Lipinski definition) is 3. The summed E-state index contributed by atoms with van der Waals surface area (Å²) < 4.78 is 0. The Balaban J connectivity index is 4.25. The highest BCUT2D eigenvalue weighted by atomic mass is 16.4. The third-order valence-electron chi connectivity index (χ3n) is 2.61. The third kappa shape index (κ3) is 3.64. The van der Waals surface area contributed by atoms with Crippen LogP contribution in [0.15, 0.2) is 0 Å². The van der Waals surface area contributed by atoms with Crippen molar-refractivity contribution in [3.05, 3.63) is 0 Å². The van der Waals surface area contributed by atoms with Gasteiger partial charge in [-0.05, 0) is 34.6 Å². The fourth-order valence-electron chi connectivity index (χ4n) is 0.672. The van der Waals surface area contributed by atoms with Crippen LogP contribution in [-0.2, 0) is 4.79 Å². The second kappa shape index (κ2) is 4.28. The summed E-state index contributed by atoms with van der Waals surface area (Å²) in [6.07, 6.45) is -0.521. The standard InChI is InChI=1S/C10H21NO3/c1-7(12)10(4,5)11-6-9(2,3)8(13)14/h7,11-12H,6H2,1-5H3,(H,13,14). The summed E-state index contributed by atoms with van der Waals surface area (Å²) in [4.78, 5) is 10.8. The first-order chi connectivity index (χ1) is 6.09. The minimum absolute atomic E-state index is 0.334. The van der Waals surface area contributed by atoms with E-state index in [0.717, 1.165) is 0 Å². The van der Waals surface area contributed by atoms with Crippen LogP contribution in [0, 0.1) is 5.41 Å². The lowest BCUT2D eigenvalue weighted by atomic mass is 9.90. The summed E-state index contributed by atoms with van der Waals surface area (Å²) in [5.41, 5.74) is -1.28. The van der Waals surface area contributed by atoms with E-state index in [1.807, 2.05) is 13.8 Å². The van der Waals surface area contributed by atoms with Crippen molar-refractivity contribution in [1.29, 1.82) is 0 Å². The summed E-state index contributed by atoms with van der Waals surface area (Å²) in [7, 11) is 0. The van der Waals surface area contributed by atoms with Gasteiger partial charge in [0.05, 0.1) is 11.5 Å². The fourth-order valence-corrected chi connectivity index (χ4v) is 0.672. The second-order valence-corrected chi connectivity index (χ2v) is 4.94. The molecule has 0 amide bonds. The fraction of sp³-hybridized carbons (Fsp3) is 0.900. The summed E-state index contributed by atoms with van der Waals surface area (Å²) in [6.45, 7) is 9.01. The van der Waals surface area contributed by atoms with Crippen LogP contribution in [-0.4, -0.2) is 34.4 Å². The number of rotatable bonds is 5.